The second-order valence-electron chi connectivity index (χ2n) is 4.58. The minimum absolute atomic E-state index is 0.0885. The molecule has 0 saturated heterocycles. The minimum Gasteiger partial charge on any atom is -0.270 e. The Morgan fingerprint density at radius 1 is 1.05 bits per heavy atom. The molecule has 116 valence electrons. The number of sulfone groups is 1. The SMILES string of the molecule is Cc1ccc(S(=O)(=O)C#CCCCCOS(C)(=O)=O)cc1. The summed E-state index contributed by atoms with van der Waals surface area (Å²) in [6, 6.07) is 6.49. The van der Waals surface area contributed by atoms with Gasteiger partial charge < -0.3 is 0 Å². The zero-order valence-corrected chi connectivity index (χ0v) is 13.6. The van der Waals surface area contributed by atoms with Crippen LogP contribution >= 0.6 is 0 Å². The second kappa shape index (κ2) is 7.59. The quantitative estimate of drug-likeness (QED) is 0.344. The highest BCUT2D eigenvalue weighted by atomic mass is 32.2. The van der Waals surface area contributed by atoms with E-state index < -0.39 is 20.0 Å². The molecule has 0 aliphatic carbocycles. The lowest BCUT2D eigenvalue weighted by molar-refractivity contribution is 0.313. The van der Waals surface area contributed by atoms with Crippen molar-refractivity contribution >= 4 is 20.0 Å². The molecule has 0 amide bonds. The first kappa shape index (κ1) is 17.7. The normalized spacial score (nSPS) is 11.7. The maximum absolute atomic E-state index is 11.9. The molecule has 0 radical (unpaired) electrons. The Morgan fingerprint density at radius 3 is 2.24 bits per heavy atom. The first-order valence-electron chi connectivity index (χ1n) is 6.36. The van der Waals surface area contributed by atoms with E-state index in [0.29, 0.717) is 19.3 Å². The summed E-state index contributed by atoms with van der Waals surface area (Å²) in [6.45, 7) is 1.96. The average Bonchev–Trinajstić information content (AvgIpc) is 2.36. The lowest BCUT2D eigenvalue weighted by Crippen LogP contribution is -2.03. The van der Waals surface area contributed by atoms with Gasteiger partial charge in [-0.1, -0.05) is 23.6 Å². The Hall–Kier alpha value is -1.36. The van der Waals surface area contributed by atoms with Gasteiger partial charge in [-0.25, -0.2) is 8.42 Å². The van der Waals surface area contributed by atoms with Crippen molar-refractivity contribution in [1.82, 2.24) is 0 Å². The van der Waals surface area contributed by atoms with Crippen LogP contribution in [0, 0.1) is 18.1 Å². The molecule has 21 heavy (non-hydrogen) atoms. The van der Waals surface area contributed by atoms with Crippen LogP contribution in [0.2, 0.25) is 0 Å². The van der Waals surface area contributed by atoms with Gasteiger partial charge in [0.05, 0.1) is 17.8 Å². The topological polar surface area (TPSA) is 77.5 Å². The molecule has 0 N–H and O–H groups in total. The molecule has 5 nitrogen and oxygen atoms in total. The Morgan fingerprint density at radius 2 is 1.67 bits per heavy atom. The molecule has 0 heterocycles. The van der Waals surface area contributed by atoms with Gasteiger partial charge >= 0.3 is 0 Å². The predicted octanol–water partition coefficient (Wildman–Crippen LogP) is 1.88. The number of hydrogen-bond acceptors (Lipinski definition) is 5. The third-order valence-corrected chi connectivity index (χ3v) is 4.43. The molecular formula is C14H18O5S2. The van der Waals surface area contributed by atoms with Crippen LogP contribution in [0.15, 0.2) is 29.2 Å². The van der Waals surface area contributed by atoms with Crippen molar-refractivity contribution in [3.8, 4) is 11.2 Å². The third kappa shape index (κ3) is 7.27. The number of rotatable bonds is 6. The summed E-state index contributed by atoms with van der Waals surface area (Å²) in [7, 11) is -6.99. The van der Waals surface area contributed by atoms with Gasteiger partial charge in [0, 0.05) is 11.7 Å². The van der Waals surface area contributed by atoms with Crippen LogP contribution in [-0.2, 0) is 24.1 Å². The van der Waals surface area contributed by atoms with Crippen molar-refractivity contribution in [2.75, 3.05) is 12.9 Å². The molecule has 0 aromatic heterocycles. The Labute approximate surface area is 126 Å². The van der Waals surface area contributed by atoms with E-state index in [1.54, 1.807) is 12.1 Å². The first-order valence-corrected chi connectivity index (χ1v) is 9.66. The second-order valence-corrected chi connectivity index (χ2v) is 7.90. The predicted molar refractivity (Wildman–Crippen MR) is 80.8 cm³/mol. The van der Waals surface area contributed by atoms with E-state index in [1.807, 2.05) is 6.92 Å². The number of benzene rings is 1. The van der Waals surface area contributed by atoms with Crippen molar-refractivity contribution < 1.29 is 21.0 Å². The van der Waals surface area contributed by atoms with Crippen LogP contribution in [0.3, 0.4) is 0 Å². The Balaban J connectivity index is 2.45. The van der Waals surface area contributed by atoms with E-state index in [2.05, 4.69) is 15.4 Å². The zero-order chi connectivity index (χ0) is 15.9. The highest BCUT2D eigenvalue weighted by Gasteiger charge is 2.09. The molecule has 0 fully saturated rings. The Kier molecular flexibility index (Phi) is 6.40. The van der Waals surface area contributed by atoms with Crippen LogP contribution < -0.4 is 0 Å². The standard InChI is InChI=1S/C14H18O5S2/c1-13-7-9-14(10-8-13)21(17,18)12-6-4-3-5-11-19-20(2,15)16/h7-10H,3-5,11H2,1-2H3. The van der Waals surface area contributed by atoms with Crippen LogP contribution in [0.4, 0.5) is 0 Å². The molecule has 0 spiro atoms. The van der Waals surface area contributed by atoms with E-state index in [-0.39, 0.29) is 11.5 Å². The summed E-state index contributed by atoms with van der Waals surface area (Å²) in [5.41, 5.74) is 0.979. The molecule has 0 atom stereocenters. The van der Waals surface area contributed by atoms with Gasteiger partial charge in [0.15, 0.2) is 0 Å². The van der Waals surface area contributed by atoms with Gasteiger partial charge in [-0.05, 0) is 31.9 Å². The van der Waals surface area contributed by atoms with E-state index in [0.717, 1.165) is 11.8 Å². The van der Waals surface area contributed by atoms with Gasteiger partial charge in [0.2, 0.25) is 9.84 Å². The molecule has 0 aliphatic rings. The monoisotopic (exact) mass is 330 g/mol. The number of unbranched alkanes of at least 4 members (excludes halogenated alkanes) is 2. The molecule has 1 rings (SSSR count). The fraction of sp³-hybridized carbons (Fsp3) is 0.429. The van der Waals surface area contributed by atoms with Crippen LogP contribution in [-0.4, -0.2) is 29.7 Å². The fourth-order valence-corrected chi connectivity index (χ4v) is 2.77. The van der Waals surface area contributed by atoms with Crippen molar-refractivity contribution in [2.45, 2.75) is 31.1 Å². The summed E-state index contributed by atoms with van der Waals surface area (Å²) in [4.78, 5) is 0.181. The van der Waals surface area contributed by atoms with Gasteiger partial charge in [-0.3, -0.25) is 4.18 Å². The van der Waals surface area contributed by atoms with Crippen molar-refractivity contribution in [3.63, 3.8) is 0 Å². The van der Waals surface area contributed by atoms with Gasteiger partial charge in [0.1, 0.15) is 0 Å². The van der Waals surface area contributed by atoms with Gasteiger partial charge in [-0.15, -0.1) is 0 Å². The third-order valence-electron chi connectivity index (χ3n) is 2.53. The van der Waals surface area contributed by atoms with Crippen molar-refractivity contribution in [3.05, 3.63) is 29.8 Å². The summed E-state index contributed by atoms with van der Waals surface area (Å²) in [5, 5.41) is 2.27. The summed E-state index contributed by atoms with van der Waals surface area (Å²) in [6.07, 6.45) is 2.44. The lowest BCUT2D eigenvalue weighted by atomic mass is 10.2. The largest absolute Gasteiger partial charge is 0.270 e. The fourth-order valence-electron chi connectivity index (χ4n) is 1.45. The number of hydrogen-bond donors (Lipinski definition) is 0. The van der Waals surface area contributed by atoms with Gasteiger partial charge in [-0.2, -0.15) is 8.42 Å². The molecule has 7 heteroatoms. The summed E-state index contributed by atoms with van der Waals surface area (Å²) < 4.78 is 49.7. The highest BCUT2D eigenvalue weighted by molar-refractivity contribution is 7.96. The zero-order valence-electron chi connectivity index (χ0n) is 12.0. The van der Waals surface area contributed by atoms with Crippen molar-refractivity contribution in [1.29, 1.82) is 0 Å². The highest BCUT2D eigenvalue weighted by Crippen LogP contribution is 2.11. The molecule has 0 saturated carbocycles. The molecule has 0 aliphatic heterocycles. The van der Waals surface area contributed by atoms with Crippen LogP contribution in [0.25, 0.3) is 0 Å². The first-order chi connectivity index (χ1) is 9.71. The maximum atomic E-state index is 11.9. The average molecular weight is 330 g/mol. The summed E-state index contributed by atoms with van der Waals surface area (Å²) >= 11 is 0. The Bertz CT molecular complexity index is 720. The molecular weight excluding hydrogens is 312 g/mol. The molecule has 0 bridgehead atoms. The van der Waals surface area contributed by atoms with Gasteiger partial charge in [0.25, 0.3) is 10.1 Å². The minimum atomic E-state index is -3.58. The van der Waals surface area contributed by atoms with E-state index in [1.165, 1.54) is 12.1 Å². The van der Waals surface area contributed by atoms with E-state index in [4.69, 9.17) is 0 Å². The van der Waals surface area contributed by atoms with E-state index >= 15 is 0 Å². The van der Waals surface area contributed by atoms with Crippen LogP contribution in [0.5, 0.6) is 0 Å². The van der Waals surface area contributed by atoms with E-state index in [9.17, 15) is 16.8 Å². The van der Waals surface area contributed by atoms with Crippen LogP contribution in [0.1, 0.15) is 24.8 Å². The number of aryl methyl sites for hydroxylation is 1. The van der Waals surface area contributed by atoms with Crippen molar-refractivity contribution in [2.24, 2.45) is 0 Å². The molecule has 1 aromatic carbocycles. The molecule has 0 unspecified atom stereocenters. The smallest absolute Gasteiger partial charge is 0.264 e. The summed E-state index contributed by atoms with van der Waals surface area (Å²) in [5.74, 6) is 2.59. The maximum Gasteiger partial charge on any atom is 0.264 e. The lowest BCUT2D eigenvalue weighted by Gasteiger charge is -1.99. The molecule has 1 aromatic rings.